The summed E-state index contributed by atoms with van der Waals surface area (Å²) >= 11 is 0. The first kappa shape index (κ1) is 24.5. The van der Waals surface area contributed by atoms with Gasteiger partial charge in [0.1, 0.15) is 0 Å². The number of hydrogen-bond acceptors (Lipinski definition) is 4. The van der Waals surface area contributed by atoms with Crippen molar-refractivity contribution >= 4 is 17.5 Å². The smallest absolute Gasteiger partial charge is 0.341 e. The van der Waals surface area contributed by atoms with Crippen molar-refractivity contribution in [1.29, 1.82) is 0 Å². The number of carbonyl (C=O) groups is 2. The molecule has 1 aromatic rings. The Morgan fingerprint density at radius 3 is 2.44 bits per heavy atom. The van der Waals surface area contributed by atoms with Gasteiger partial charge in [0.05, 0.1) is 17.5 Å². The summed E-state index contributed by atoms with van der Waals surface area (Å²) in [6.45, 7) is 5.76. The van der Waals surface area contributed by atoms with E-state index in [2.05, 4.69) is 10.2 Å². The topological polar surface area (TPSA) is 78.7 Å². The molecule has 3 atom stereocenters. The summed E-state index contributed by atoms with van der Waals surface area (Å²) in [5.41, 5.74) is 5.39. The van der Waals surface area contributed by atoms with Crippen molar-refractivity contribution < 1.29 is 22.8 Å². The Kier molecular flexibility index (Phi) is 7.50. The number of nitrogens with zero attached hydrogens (tertiary/aromatic N) is 2. The summed E-state index contributed by atoms with van der Waals surface area (Å²) in [6, 6.07) is 4.44. The van der Waals surface area contributed by atoms with E-state index in [1.54, 1.807) is 0 Å². The maximum absolute atomic E-state index is 12.9. The molecule has 1 aromatic carbocycles. The number of anilines is 1. The summed E-state index contributed by atoms with van der Waals surface area (Å²) in [7, 11) is 1.98. The minimum Gasteiger partial charge on any atom is -0.341 e. The van der Waals surface area contributed by atoms with Crippen LogP contribution in [0.25, 0.3) is 0 Å². The summed E-state index contributed by atoms with van der Waals surface area (Å²) in [4.78, 5) is 29.3. The molecule has 6 nitrogen and oxygen atoms in total. The first-order valence-electron chi connectivity index (χ1n) is 11.2. The molecule has 0 saturated carbocycles. The zero-order chi connectivity index (χ0) is 23.6. The SMILES string of the molecule is CC(C)[C@@H](N)C(=O)N1CCC([C@@H]2C[C@H](C(=O)Nc3cccc(C(F)(F)F)c3)CN2C)CC1. The van der Waals surface area contributed by atoms with Gasteiger partial charge in [0, 0.05) is 31.4 Å². The van der Waals surface area contributed by atoms with Crippen LogP contribution in [0.4, 0.5) is 18.9 Å². The van der Waals surface area contributed by atoms with Crippen LogP contribution < -0.4 is 11.1 Å². The third-order valence-corrected chi connectivity index (χ3v) is 6.83. The highest BCUT2D eigenvalue weighted by Crippen LogP contribution is 2.34. The monoisotopic (exact) mass is 454 g/mol. The van der Waals surface area contributed by atoms with Crippen molar-refractivity contribution in [1.82, 2.24) is 9.80 Å². The average Bonchev–Trinajstić information content (AvgIpc) is 3.14. The molecule has 0 aromatic heterocycles. The molecule has 2 saturated heterocycles. The molecule has 2 heterocycles. The lowest BCUT2D eigenvalue weighted by molar-refractivity contribution is -0.137. The van der Waals surface area contributed by atoms with Gasteiger partial charge in [-0.15, -0.1) is 0 Å². The number of nitrogens with two attached hydrogens (primary N) is 1. The van der Waals surface area contributed by atoms with Crippen molar-refractivity contribution in [3.63, 3.8) is 0 Å². The van der Waals surface area contributed by atoms with Crippen molar-refractivity contribution in [3.05, 3.63) is 29.8 Å². The van der Waals surface area contributed by atoms with Crippen LogP contribution in [-0.2, 0) is 15.8 Å². The highest BCUT2D eigenvalue weighted by molar-refractivity contribution is 5.93. The highest BCUT2D eigenvalue weighted by Gasteiger charge is 2.40. The molecular weight excluding hydrogens is 421 g/mol. The number of likely N-dealkylation sites (tertiary alicyclic amines) is 2. The van der Waals surface area contributed by atoms with Gasteiger partial charge in [-0.3, -0.25) is 9.59 Å². The van der Waals surface area contributed by atoms with Crippen LogP contribution in [0.2, 0.25) is 0 Å². The molecule has 32 heavy (non-hydrogen) atoms. The van der Waals surface area contributed by atoms with Gasteiger partial charge >= 0.3 is 6.18 Å². The van der Waals surface area contributed by atoms with E-state index in [1.807, 2.05) is 25.8 Å². The molecule has 3 N–H and O–H groups in total. The lowest BCUT2D eigenvalue weighted by atomic mass is 9.86. The molecule has 178 valence electrons. The summed E-state index contributed by atoms with van der Waals surface area (Å²) < 4.78 is 38.8. The average molecular weight is 455 g/mol. The molecule has 0 bridgehead atoms. The molecule has 2 fully saturated rings. The van der Waals surface area contributed by atoms with Crippen LogP contribution in [0, 0.1) is 17.8 Å². The Bertz CT molecular complexity index is 822. The van der Waals surface area contributed by atoms with Crippen LogP contribution in [0.1, 0.15) is 38.7 Å². The second-order valence-electron chi connectivity index (χ2n) is 9.44. The summed E-state index contributed by atoms with van der Waals surface area (Å²) in [5.74, 6) is -0.0812. The predicted octanol–water partition coefficient (Wildman–Crippen LogP) is 3.19. The van der Waals surface area contributed by atoms with Gasteiger partial charge in [0.25, 0.3) is 0 Å². The normalized spacial score (nSPS) is 24.1. The number of rotatable bonds is 5. The highest BCUT2D eigenvalue weighted by atomic mass is 19.4. The Morgan fingerprint density at radius 2 is 1.84 bits per heavy atom. The Balaban J connectivity index is 1.55. The molecule has 0 aliphatic carbocycles. The summed E-state index contributed by atoms with van der Waals surface area (Å²) in [6.07, 6.45) is -2.08. The number of alkyl halides is 3. The number of hydrogen-bond donors (Lipinski definition) is 2. The summed E-state index contributed by atoms with van der Waals surface area (Å²) in [5, 5.41) is 2.65. The van der Waals surface area contributed by atoms with E-state index >= 15 is 0 Å². The van der Waals surface area contributed by atoms with Gasteiger partial charge in [0.15, 0.2) is 0 Å². The van der Waals surface area contributed by atoms with Crippen LogP contribution in [0.15, 0.2) is 24.3 Å². The largest absolute Gasteiger partial charge is 0.416 e. The fourth-order valence-corrected chi connectivity index (χ4v) is 4.79. The van der Waals surface area contributed by atoms with E-state index < -0.39 is 17.8 Å². The van der Waals surface area contributed by atoms with E-state index in [0.717, 1.165) is 25.0 Å². The third kappa shape index (κ3) is 5.61. The fraction of sp³-hybridized carbons (Fsp3) is 0.652. The van der Waals surface area contributed by atoms with E-state index in [1.165, 1.54) is 12.1 Å². The number of nitrogens with one attached hydrogen (secondary N) is 1. The number of halogens is 3. The van der Waals surface area contributed by atoms with Gasteiger partial charge in [-0.2, -0.15) is 13.2 Å². The molecule has 2 aliphatic heterocycles. The van der Waals surface area contributed by atoms with E-state index in [0.29, 0.717) is 32.0 Å². The van der Waals surface area contributed by atoms with Crippen LogP contribution in [0.5, 0.6) is 0 Å². The predicted molar refractivity (Wildman–Crippen MR) is 117 cm³/mol. The van der Waals surface area contributed by atoms with E-state index in [9.17, 15) is 22.8 Å². The first-order valence-corrected chi connectivity index (χ1v) is 11.2. The number of piperidine rings is 1. The molecule has 0 unspecified atom stereocenters. The second kappa shape index (κ2) is 9.79. The van der Waals surface area contributed by atoms with Gasteiger partial charge in [-0.05, 0) is 56.3 Å². The lowest BCUT2D eigenvalue weighted by Crippen LogP contribution is -2.50. The minimum atomic E-state index is -4.45. The fourth-order valence-electron chi connectivity index (χ4n) is 4.79. The number of carbonyl (C=O) groups excluding carboxylic acids is 2. The molecule has 0 spiro atoms. The van der Waals surface area contributed by atoms with Gasteiger partial charge in [-0.1, -0.05) is 19.9 Å². The quantitative estimate of drug-likeness (QED) is 0.716. The molecule has 2 aliphatic rings. The van der Waals surface area contributed by atoms with E-state index in [-0.39, 0.29) is 35.4 Å². The molecule has 2 amide bonds. The zero-order valence-corrected chi connectivity index (χ0v) is 18.9. The number of amides is 2. The molecule has 9 heteroatoms. The van der Waals surface area contributed by atoms with Crippen molar-refractivity contribution in [2.45, 2.75) is 51.4 Å². The minimum absolute atomic E-state index is 0.00318. The van der Waals surface area contributed by atoms with Gasteiger partial charge in [-0.25, -0.2) is 0 Å². The molecule has 0 radical (unpaired) electrons. The Hall–Kier alpha value is -2.13. The standard InChI is InChI=1S/C23H33F3N4O2/c1-14(2)20(27)22(32)30-9-7-15(8-10-30)19-11-16(13-29(19)3)21(31)28-18-6-4-5-17(12-18)23(24,25)26/h4-6,12,14-16,19-20H,7-11,13,27H2,1-3H3,(H,28,31)/t16-,19-,20+/m0/s1. The maximum atomic E-state index is 12.9. The van der Waals surface area contributed by atoms with E-state index in [4.69, 9.17) is 5.73 Å². The first-order chi connectivity index (χ1) is 15.0. The Morgan fingerprint density at radius 1 is 1.19 bits per heavy atom. The molecular formula is C23H33F3N4O2. The van der Waals surface area contributed by atoms with Gasteiger partial charge < -0.3 is 20.9 Å². The second-order valence-corrected chi connectivity index (χ2v) is 9.44. The number of benzene rings is 1. The van der Waals surface area contributed by atoms with Crippen LogP contribution >= 0.6 is 0 Å². The van der Waals surface area contributed by atoms with Crippen molar-refractivity contribution in [2.24, 2.45) is 23.5 Å². The van der Waals surface area contributed by atoms with Gasteiger partial charge in [0.2, 0.25) is 11.8 Å². The van der Waals surface area contributed by atoms with Crippen LogP contribution in [-0.4, -0.2) is 60.4 Å². The van der Waals surface area contributed by atoms with Crippen LogP contribution in [0.3, 0.4) is 0 Å². The lowest BCUT2D eigenvalue weighted by Gasteiger charge is -2.38. The zero-order valence-electron chi connectivity index (χ0n) is 18.9. The van der Waals surface area contributed by atoms with Crippen molar-refractivity contribution in [2.75, 3.05) is 32.0 Å². The van der Waals surface area contributed by atoms with Crippen molar-refractivity contribution in [3.8, 4) is 0 Å². The third-order valence-electron chi connectivity index (χ3n) is 6.83. The Labute approximate surface area is 187 Å². The molecule has 3 rings (SSSR count). The maximum Gasteiger partial charge on any atom is 0.416 e.